The minimum absolute atomic E-state index is 0.205. The lowest BCUT2D eigenvalue weighted by molar-refractivity contribution is 0.0983. The zero-order chi connectivity index (χ0) is 15.2. The summed E-state index contributed by atoms with van der Waals surface area (Å²) in [4.78, 5) is 18.3. The number of halogens is 1. The van der Waals surface area contributed by atoms with Crippen LogP contribution in [0.15, 0.2) is 42.6 Å². The molecule has 1 N–H and O–H groups in total. The lowest BCUT2D eigenvalue weighted by atomic mass is 10.2. The van der Waals surface area contributed by atoms with Crippen molar-refractivity contribution >= 4 is 17.3 Å². The van der Waals surface area contributed by atoms with Crippen LogP contribution < -0.4 is 10.2 Å². The van der Waals surface area contributed by atoms with Crippen LogP contribution in [0.2, 0.25) is 0 Å². The molecule has 0 aliphatic heterocycles. The van der Waals surface area contributed by atoms with E-state index < -0.39 is 0 Å². The van der Waals surface area contributed by atoms with Crippen molar-refractivity contribution < 1.29 is 9.18 Å². The maximum absolute atomic E-state index is 13.0. The first-order valence-electron chi connectivity index (χ1n) is 6.93. The summed E-state index contributed by atoms with van der Waals surface area (Å²) in [7, 11) is 0. The molecule has 4 nitrogen and oxygen atoms in total. The van der Waals surface area contributed by atoms with E-state index in [4.69, 9.17) is 0 Å². The molecule has 0 atom stereocenters. The molecule has 1 amide bonds. The Labute approximate surface area is 123 Å². The zero-order valence-electron chi connectivity index (χ0n) is 12.1. The molecule has 0 aliphatic rings. The summed E-state index contributed by atoms with van der Waals surface area (Å²) in [5.41, 5.74) is 1.87. The third-order valence-corrected chi connectivity index (χ3v) is 3.06. The van der Waals surface area contributed by atoms with Crippen molar-refractivity contribution in [3.63, 3.8) is 0 Å². The first-order valence-corrected chi connectivity index (χ1v) is 6.93. The van der Waals surface area contributed by atoms with Gasteiger partial charge in [-0.1, -0.05) is 0 Å². The van der Waals surface area contributed by atoms with Crippen LogP contribution in [-0.4, -0.2) is 24.0 Å². The number of benzene rings is 1. The van der Waals surface area contributed by atoms with Gasteiger partial charge in [0.05, 0.1) is 0 Å². The molecule has 2 aromatic rings. The van der Waals surface area contributed by atoms with Crippen molar-refractivity contribution in [2.75, 3.05) is 23.3 Å². The van der Waals surface area contributed by atoms with Gasteiger partial charge in [0.15, 0.2) is 0 Å². The van der Waals surface area contributed by atoms with Crippen molar-refractivity contribution in [2.24, 2.45) is 0 Å². The van der Waals surface area contributed by atoms with Gasteiger partial charge in [-0.2, -0.15) is 0 Å². The van der Waals surface area contributed by atoms with Crippen molar-refractivity contribution in [3.05, 3.63) is 54.1 Å². The fourth-order valence-electron chi connectivity index (χ4n) is 2.06. The summed E-state index contributed by atoms with van der Waals surface area (Å²) in [6.07, 6.45) is 1.60. The number of hydrogen-bond donors (Lipinski definition) is 1. The Morgan fingerprint density at radius 2 is 1.95 bits per heavy atom. The van der Waals surface area contributed by atoms with Gasteiger partial charge in [0.2, 0.25) is 0 Å². The third kappa shape index (κ3) is 3.56. The molecule has 110 valence electrons. The monoisotopic (exact) mass is 287 g/mol. The second-order valence-electron chi connectivity index (χ2n) is 4.49. The van der Waals surface area contributed by atoms with Crippen LogP contribution in [0, 0.1) is 5.82 Å². The number of nitrogens with zero attached hydrogens (tertiary/aromatic N) is 2. The predicted octanol–water partition coefficient (Wildman–Crippen LogP) is 3.32. The number of nitrogens with one attached hydrogen (secondary N) is 1. The first-order chi connectivity index (χ1) is 10.2. The van der Waals surface area contributed by atoms with Gasteiger partial charge < -0.3 is 10.2 Å². The van der Waals surface area contributed by atoms with Crippen LogP contribution in [0.25, 0.3) is 0 Å². The highest BCUT2D eigenvalue weighted by atomic mass is 19.1. The number of hydrogen-bond acceptors (Lipinski definition) is 3. The minimum atomic E-state index is -0.325. The van der Waals surface area contributed by atoms with Gasteiger partial charge in [-0.3, -0.25) is 9.78 Å². The standard InChI is InChI=1S/C16H18FN3O/c1-3-18-13-9-10-19-15(11-13)16(21)20(4-2)14-7-5-12(17)6-8-14/h5-11H,3-4H2,1-2H3,(H,18,19). The van der Waals surface area contributed by atoms with Gasteiger partial charge in [-0.15, -0.1) is 0 Å². The van der Waals surface area contributed by atoms with Crippen LogP contribution in [0.1, 0.15) is 24.3 Å². The van der Waals surface area contributed by atoms with Gasteiger partial charge in [0.25, 0.3) is 5.91 Å². The molecule has 0 saturated carbocycles. The number of pyridine rings is 1. The highest BCUT2D eigenvalue weighted by Crippen LogP contribution is 2.18. The fourth-order valence-corrected chi connectivity index (χ4v) is 2.06. The van der Waals surface area contributed by atoms with Gasteiger partial charge in [0, 0.05) is 30.7 Å². The largest absolute Gasteiger partial charge is 0.385 e. The second kappa shape index (κ2) is 6.83. The summed E-state index contributed by atoms with van der Waals surface area (Å²) in [6.45, 7) is 5.11. The maximum atomic E-state index is 13.0. The highest BCUT2D eigenvalue weighted by molar-refractivity contribution is 6.05. The minimum Gasteiger partial charge on any atom is -0.385 e. The molecule has 0 radical (unpaired) electrons. The van der Waals surface area contributed by atoms with Gasteiger partial charge in [0.1, 0.15) is 11.5 Å². The smallest absolute Gasteiger partial charge is 0.276 e. The fraction of sp³-hybridized carbons (Fsp3) is 0.250. The van der Waals surface area contributed by atoms with Gasteiger partial charge >= 0.3 is 0 Å². The molecule has 1 aromatic carbocycles. The lowest BCUT2D eigenvalue weighted by Gasteiger charge is -2.20. The normalized spacial score (nSPS) is 10.2. The van der Waals surface area contributed by atoms with Crippen LogP contribution in [0.5, 0.6) is 0 Å². The molecule has 0 saturated heterocycles. The van der Waals surface area contributed by atoms with Crippen molar-refractivity contribution in [2.45, 2.75) is 13.8 Å². The van der Waals surface area contributed by atoms with Crippen LogP contribution >= 0.6 is 0 Å². The Kier molecular flexibility index (Phi) is 4.87. The van der Waals surface area contributed by atoms with Gasteiger partial charge in [-0.25, -0.2) is 4.39 Å². The molecule has 5 heteroatoms. The molecule has 0 bridgehead atoms. The van der Waals surface area contributed by atoms with Crippen molar-refractivity contribution in [1.29, 1.82) is 0 Å². The summed E-state index contributed by atoms with van der Waals surface area (Å²) >= 11 is 0. The van der Waals surface area contributed by atoms with Crippen molar-refractivity contribution in [3.8, 4) is 0 Å². The van der Waals surface area contributed by atoms with E-state index in [-0.39, 0.29) is 11.7 Å². The van der Waals surface area contributed by atoms with E-state index in [0.29, 0.717) is 17.9 Å². The number of aromatic nitrogens is 1. The van der Waals surface area contributed by atoms with Crippen LogP contribution in [0.3, 0.4) is 0 Å². The van der Waals surface area contributed by atoms with Crippen molar-refractivity contribution in [1.82, 2.24) is 4.98 Å². The number of rotatable bonds is 5. The Morgan fingerprint density at radius 3 is 2.57 bits per heavy atom. The Morgan fingerprint density at radius 1 is 1.24 bits per heavy atom. The second-order valence-corrected chi connectivity index (χ2v) is 4.49. The third-order valence-electron chi connectivity index (χ3n) is 3.06. The molecule has 2 rings (SSSR count). The van der Waals surface area contributed by atoms with E-state index in [0.717, 1.165) is 12.2 Å². The zero-order valence-corrected chi connectivity index (χ0v) is 12.1. The van der Waals surface area contributed by atoms with E-state index in [2.05, 4.69) is 10.3 Å². The summed E-state index contributed by atoms with van der Waals surface area (Å²) in [5.74, 6) is -0.529. The SMILES string of the molecule is CCNc1ccnc(C(=O)N(CC)c2ccc(F)cc2)c1. The molecule has 21 heavy (non-hydrogen) atoms. The number of carbonyl (C=O) groups excluding carboxylic acids is 1. The summed E-state index contributed by atoms with van der Waals surface area (Å²) < 4.78 is 13.0. The molecule has 0 unspecified atom stereocenters. The molecule has 0 spiro atoms. The van der Waals surface area contributed by atoms with E-state index in [1.165, 1.54) is 12.1 Å². The highest BCUT2D eigenvalue weighted by Gasteiger charge is 2.17. The Balaban J connectivity index is 2.27. The molecular weight excluding hydrogens is 269 g/mol. The van der Waals surface area contributed by atoms with Crippen LogP contribution in [0.4, 0.5) is 15.8 Å². The molecule has 0 fully saturated rings. The predicted molar refractivity (Wildman–Crippen MR) is 82.2 cm³/mol. The first kappa shape index (κ1) is 15.0. The Hall–Kier alpha value is -2.43. The number of amides is 1. The molecule has 0 aliphatic carbocycles. The molecule has 1 heterocycles. The number of carbonyl (C=O) groups is 1. The summed E-state index contributed by atoms with van der Waals surface area (Å²) in [6, 6.07) is 9.39. The average molecular weight is 287 g/mol. The van der Waals surface area contributed by atoms with Gasteiger partial charge in [-0.05, 0) is 50.2 Å². The summed E-state index contributed by atoms with van der Waals surface area (Å²) in [5, 5.41) is 3.15. The number of anilines is 2. The molecular formula is C16H18FN3O. The van der Waals surface area contributed by atoms with E-state index >= 15 is 0 Å². The van der Waals surface area contributed by atoms with Crippen LogP contribution in [-0.2, 0) is 0 Å². The van der Waals surface area contributed by atoms with E-state index in [1.54, 1.807) is 29.3 Å². The topological polar surface area (TPSA) is 45.2 Å². The Bertz CT molecular complexity index is 613. The quantitative estimate of drug-likeness (QED) is 0.917. The van der Waals surface area contributed by atoms with E-state index in [9.17, 15) is 9.18 Å². The average Bonchev–Trinajstić information content (AvgIpc) is 2.50. The van der Waals surface area contributed by atoms with E-state index in [1.807, 2.05) is 19.9 Å². The molecule has 1 aromatic heterocycles. The maximum Gasteiger partial charge on any atom is 0.276 e. The lowest BCUT2D eigenvalue weighted by Crippen LogP contribution is -2.31.